The van der Waals surface area contributed by atoms with Crippen LogP contribution in [-0.2, 0) is 6.42 Å². The van der Waals surface area contributed by atoms with Gasteiger partial charge in [-0.2, -0.15) is 5.26 Å². The van der Waals surface area contributed by atoms with Crippen LogP contribution in [0, 0.1) is 11.3 Å². The molecule has 0 saturated carbocycles. The Bertz CT molecular complexity index is 703. The van der Waals surface area contributed by atoms with E-state index in [0.29, 0.717) is 6.42 Å². The summed E-state index contributed by atoms with van der Waals surface area (Å²) in [6.45, 7) is 0. The van der Waals surface area contributed by atoms with E-state index in [1.165, 1.54) is 20.2 Å². The largest absolute Gasteiger partial charge is 0.198 e. The topological polar surface area (TPSA) is 23.8 Å². The third kappa shape index (κ3) is 1.30. The minimum Gasteiger partial charge on any atom is -0.198 e. The van der Waals surface area contributed by atoms with Crippen LogP contribution in [0.2, 0.25) is 0 Å². The van der Waals surface area contributed by atoms with Crippen LogP contribution in [0.1, 0.15) is 5.56 Å². The summed E-state index contributed by atoms with van der Waals surface area (Å²) in [6, 6.07) is 16.8. The van der Waals surface area contributed by atoms with E-state index in [4.69, 9.17) is 5.26 Å². The molecular weight excluding hydrogens is 214 g/mol. The molecular formula is C14H9NS. The molecule has 76 valence electrons. The Morgan fingerprint density at radius 3 is 2.69 bits per heavy atom. The molecule has 0 aliphatic carbocycles. The van der Waals surface area contributed by atoms with Gasteiger partial charge in [-0.1, -0.05) is 30.3 Å². The van der Waals surface area contributed by atoms with Crippen LogP contribution in [0.15, 0.2) is 42.5 Å². The van der Waals surface area contributed by atoms with Crippen LogP contribution in [0.5, 0.6) is 0 Å². The normalized spacial score (nSPS) is 10.7. The predicted molar refractivity (Wildman–Crippen MR) is 68.6 cm³/mol. The number of thiophene rings is 1. The van der Waals surface area contributed by atoms with Crippen molar-refractivity contribution in [2.75, 3.05) is 0 Å². The SMILES string of the molecule is N#CCc1cccc2sc3ccccc3c12. The van der Waals surface area contributed by atoms with Gasteiger partial charge < -0.3 is 0 Å². The quantitative estimate of drug-likeness (QED) is 0.608. The molecule has 2 aromatic carbocycles. The lowest BCUT2D eigenvalue weighted by Crippen LogP contribution is -1.81. The summed E-state index contributed by atoms with van der Waals surface area (Å²) < 4.78 is 2.57. The molecule has 0 fully saturated rings. The van der Waals surface area contributed by atoms with Crippen LogP contribution >= 0.6 is 11.3 Å². The van der Waals surface area contributed by atoms with E-state index < -0.39 is 0 Å². The third-order valence-electron chi connectivity index (χ3n) is 2.76. The van der Waals surface area contributed by atoms with Crippen molar-refractivity contribution in [3.05, 3.63) is 48.0 Å². The predicted octanol–water partition coefficient (Wildman–Crippen LogP) is 4.12. The van der Waals surface area contributed by atoms with Gasteiger partial charge in [-0.05, 0) is 17.7 Å². The zero-order chi connectivity index (χ0) is 11.0. The lowest BCUT2D eigenvalue weighted by molar-refractivity contribution is 1.29. The first-order chi connectivity index (χ1) is 7.90. The van der Waals surface area contributed by atoms with Crippen molar-refractivity contribution in [1.29, 1.82) is 5.26 Å². The van der Waals surface area contributed by atoms with Gasteiger partial charge >= 0.3 is 0 Å². The Morgan fingerprint density at radius 1 is 1.00 bits per heavy atom. The van der Waals surface area contributed by atoms with Crippen molar-refractivity contribution in [2.24, 2.45) is 0 Å². The van der Waals surface area contributed by atoms with Crippen molar-refractivity contribution in [2.45, 2.75) is 6.42 Å². The summed E-state index contributed by atoms with van der Waals surface area (Å²) in [7, 11) is 0. The molecule has 16 heavy (non-hydrogen) atoms. The number of nitriles is 1. The fraction of sp³-hybridized carbons (Fsp3) is 0.0714. The van der Waals surface area contributed by atoms with Gasteiger partial charge in [-0.25, -0.2) is 0 Å². The molecule has 3 rings (SSSR count). The Morgan fingerprint density at radius 2 is 1.81 bits per heavy atom. The molecule has 1 nitrogen and oxygen atoms in total. The summed E-state index contributed by atoms with van der Waals surface area (Å²) in [5, 5.41) is 11.4. The zero-order valence-electron chi connectivity index (χ0n) is 8.60. The molecule has 1 aromatic heterocycles. The number of nitrogens with zero attached hydrogens (tertiary/aromatic N) is 1. The first-order valence-corrected chi connectivity index (χ1v) is 5.98. The number of hydrogen-bond acceptors (Lipinski definition) is 2. The maximum Gasteiger partial charge on any atom is 0.0669 e. The summed E-state index contributed by atoms with van der Waals surface area (Å²) >= 11 is 1.79. The molecule has 0 unspecified atom stereocenters. The Kier molecular flexibility index (Phi) is 2.12. The van der Waals surface area contributed by atoms with Crippen molar-refractivity contribution < 1.29 is 0 Å². The molecule has 2 heteroatoms. The number of fused-ring (bicyclic) bond motifs is 3. The highest BCUT2D eigenvalue weighted by Gasteiger charge is 2.07. The number of benzene rings is 2. The molecule has 0 spiro atoms. The first kappa shape index (κ1) is 9.38. The van der Waals surface area contributed by atoms with Gasteiger partial charge in [0.15, 0.2) is 0 Å². The molecule has 0 radical (unpaired) electrons. The molecule has 3 aromatic rings. The molecule has 0 amide bonds. The Labute approximate surface area is 97.6 Å². The van der Waals surface area contributed by atoms with Crippen LogP contribution in [0.3, 0.4) is 0 Å². The summed E-state index contributed by atoms with van der Waals surface area (Å²) in [5.74, 6) is 0. The van der Waals surface area contributed by atoms with E-state index in [0.717, 1.165) is 5.56 Å². The van der Waals surface area contributed by atoms with Gasteiger partial charge in [-0.15, -0.1) is 11.3 Å². The lowest BCUT2D eigenvalue weighted by atomic mass is 10.0. The van der Waals surface area contributed by atoms with Crippen molar-refractivity contribution >= 4 is 31.5 Å². The molecule has 0 aliphatic heterocycles. The van der Waals surface area contributed by atoms with E-state index >= 15 is 0 Å². The van der Waals surface area contributed by atoms with Gasteiger partial charge in [-0.3, -0.25) is 0 Å². The van der Waals surface area contributed by atoms with Gasteiger partial charge in [0, 0.05) is 20.2 Å². The maximum absolute atomic E-state index is 8.84. The highest BCUT2D eigenvalue weighted by Crippen LogP contribution is 2.35. The van der Waals surface area contributed by atoms with Gasteiger partial charge in [0.2, 0.25) is 0 Å². The van der Waals surface area contributed by atoms with Gasteiger partial charge in [0.05, 0.1) is 12.5 Å². The second kappa shape index (κ2) is 3.62. The van der Waals surface area contributed by atoms with Gasteiger partial charge in [0.1, 0.15) is 0 Å². The van der Waals surface area contributed by atoms with E-state index in [2.05, 4.69) is 36.4 Å². The molecule has 0 N–H and O–H groups in total. The second-order valence-electron chi connectivity index (χ2n) is 3.72. The highest BCUT2D eigenvalue weighted by molar-refractivity contribution is 7.25. The smallest absolute Gasteiger partial charge is 0.0669 e. The first-order valence-electron chi connectivity index (χ1n) is 5.16. The standard InChI is InChI=1S/C14H9NS/c15-9-8-10-4-3-7-13-14(10)11-5-1-2-6-12(11)16-13/h1-7H,8H2. The third-order valence-corrected chi connectivity index (χ3v) is 3.89. The maximum atomic E-state index is 8.84. The van der Waals surface area contributed by atoms with Crippen LogP contribution < -0.4 is 0 Å². The fourth-order valence-electron chi connectivity index (χ4n) is 2.08. The lowest BCUT2D eigenvalue weighted by Gasteiger charge is -1.98. The fourth-order valence-corrected chi connectivity index (χ4v) is 3.23. The molecule has 0 bridgehead atoms. The van der Waals surface area contributed by atoms with E-state index in [9.17, 15) is 0 Å². The Hall–Kier alpha value is -1.85. The zero-order valence-corrected chi connectivity index (χ0v) is 9.42. The summed E-state index contributed by atoms with van der Waals surface area (Å²) in [6.07, 6.45) is 0.484. The Balaban J connectivity index is 2.48. The highest BCUT2D eigenvalue weighted by atomic mass is 32.1. The summed E-state index contributed by atoms with van der Waals surface area (Å²) in [4.78, 5) is 0. The van der Waals surface area contributed by atoms with Gasteiger partial charge in [0.25, 0.3) is 0 Å². The number of rotatable bonds is 1. The van der Waals surface area contributed by atoms with Crippen LogP contribution in [0.25, 0.3) is 20.2 Å². The molecule has 1 heterocycles. The molecule has 0 atom stereocenters. The minimum atomic E-state index is 0.484. The molecule has 0 aliphatic rings. The van der Waals surface area contributed by atoms with Crippen molar-refractivity contribution in [3.8, 4) is 6.07 Å². The van der Waals surface area contributed by atoms with E-state index in [-0.39, 0.29) is 0 Å². The van der Waals surface area contributed by atoms with Crippen molar-refractivity contribution in [3.63, 3.8) is 0 Å². The minimum absolute atomic E-state index is 0.484. The second-order valence-corrected chi connectivity index (χ2v) is 4.81. The number of hydrogen-bond donors (Lipinski definition) is 0. The van der Waals surface area contributed by atoms with Crippen LogP contribution in [0.4, 0.5) is 0 Å². The average molecular weight is 223 g/mol. The monoisotopic (exact) mass is 223 g/mol. The van der Waals surface area contributed by atoms with E-state index in [1.54, 1.807) is 11.3 Å². The van der Waals surface area contributed by atoms with Crippen molar-refractivity contribution in [1.82, 2.24) is 0 Å². The molecule has 0 saturated heterocycles. The average Bonchev–Trinajstić information content (AvgIpc) is 2.68. The summed E-state index contributed by atoms with van der Waals surface area (Å²) in [5.41, 5.74) is 1.14. The van der Waals surface area contributed by atoms with Crippen LogP contribution in [-0.4, -0.2) is 0 Å². The van der Waals surface area contributed by atoms with E-state index in [1.807, 2.05) is 12.1 Å².